The number of hydrogen-bond donors (Lipinski definition) is 3. The van der Waals surface area contributed by atoms with Crippen LogP contribution in [0.25, 0.3) is 0 Å². The molecule has 0 unspecified atom stereocenters. The molecule has 1 rings (SSSR count). The number of phenolic OH excluding ortho intramolecular Hbond substituents is 1. The summed E-state index contributed by atoms with van der Waals surface area (Å²) in [6.07, 6.45) is 0.403. The van der Waals surface area contributed by atoms with Crippen molar-refractivity contribution in [2.24, 2.45) is 0 Å². The molecule has 94 valence electrons. The van der Waals surface area contributed by atoms with Gasteiger partial charge in [0.25, 0.3) is 0 Å². The van der Waals surface area contributed by atoms with E-state index in [2.05, 4.69) is 10.6 Å². The molecule has 1 aromatic rings. The zero-order chi connectivity index (χ0) is 12.8. The molecule has 1 amide bonds. The fourth-order valence-electron chi connectivity index (χ4n) is 1.65. The second-order valence-corrected chi connectivity index (χ2v) is 4.13. The Morgan fingerprint density at radius 2 is 2.06 bits per heavy atom. The highest BCUT2D eigenvalue weighted by molar-refractivity contribution is 5.92. The maximum Gasteiger partial charge on any atom is 0.225 e. The van der Waals surface area contributed by atoms with Crippen LogP contribution in [0.3, 0.4) is 0 Å². The van der Waals surface area contributed by atoms with Crippen LogP contribution in [0, 0.1) is 13.8 Å². The SMILES string of the molecule is CCNCCC(=O)Nc1cc(C)cc(C)c1O. The van der Waals surface area contributed by atoms with Crippen LogP contribution in [0.1, 0.15) is 24.5 Å². The van der Waals surface area contributed by atoms with Gasteiger partial charge in [-0.15, -0.1) is 0 Å². The lowest BCUT2D eigenvalue weighted by atomic mass is 10.1. The fraction of sp³-hybridized carbons (Fsp3) is 0.462. The zero-order valence-electron chi connectivity index (χ0n) is 10.6. The molecule has 1 aromatic carbocycles. The molecular formula is C13H20N2O2. The maximum absolute atomic E-state index is 11.6. The minimum absolute atomic E-state index is 0.0914. The van der Waals surface area contributed by atoms with Gasteiger partial charge in [-0.05, 0) is 37.6 Å². The number of amides is 1. The summed E-state index contributed by atoms with van der Waals surface area (Å²) >= 11 is 0. The molecule has 0 atom stereocenters. The third kappa shape index (κ3) is 4.07. The zero-order valence-corrected chi connectivity index (χ0v) is 10.6. The van der Waals surface area contributed by atoms with Gasteiger partial charge < -0.3 is 15.7 Å². The van der Waals surface area contributed by atoms with Crippen LogP contribution in [-0.4, -0.2) is 24.1 Å². The number of carbonyl (C=O) groups excluding carboxylic acids is 1. The molecule has 17 heavy (non-hydrogen) atoms. The van der Waals surface area contributed by atoms with Gasteiger partial charge in [-0.3, -0.25) is 4.79 Å². The number of nitrogens with one attached hydrogen (secondary N) is 2. The lowest BCUT2D eigenvalue weighted by molar-refractivity contribution is -0.116. The molecule has 0 aromatic heterocycles. The Bertz CT molecular complexity index is 403. The average Bonchev–Trinajstić information content (AvgIpc) is 2.25. The fourth-order valence-corrected chi connectivity index (χ4v) is 1.65. The summed E-state index contributed by atoms with van der Waals surface area (Å²) in [5, 5.41) is 15.6. The summed E-state index contributed by atoms with van der Waals surface area (Å²) in [6, 6.07) is 3.65. The minimum atomic E-state index is -0.0914. The van der Waals surface area contributed by atoms with E-state index in [-0.39, 0.29) is 11.7 Å². The first kappa shape index (κ1) is 13.5. The number of benzene rings is 1. The van der Waals surface area contributed by atoms with Gasteiger partial charge in [-0.25, -0.2) is 0 Å². The third-order valence-corrected chi connectivity index (χ3v) is 2.50. The molecule has 0 aliphatic rings. The summed E-state index contributed by atoms with van der Waals surface area (Å²) in [7, 11) is 0. The Kier molecular flexibility index (Phi) is 4.97. The molecule has 3 N–H and O–H groups in total. The summed E-state index contributed by atoms with van der Waals surface area (Å²) < 4.78 is 0. The van der Waals surface area contributed by atoms with Crippen molar-refractivity contribution in [1.29, 1.82) is 0 Å². The van der Waals surface area contributed by atoms with Crippen molar-refractivity contribution < 1.29 is 9.90 Å². The van der Waals surface area contributed by atoms with Gasteiger partial charge in [0.1, 0.15) is 5.75 Å². The van der Waals surface area contributed by atoms with E-state index in [1.807, 2.05) is 26.8 Å². The summed E-state index contributed by atoms with van der Waals surface area (Å²) in [5.74, 6) is 0.0543. The summed E-state index contributed by atoms with van der Waals surface area (Å²) in [6.45, 7) is 7.24. The van der Waals surface area contributed by atoms with Crippen LogP contribution in [0.15, 0.2) is 12.1 Å². The van der Waals surface area contributed by atoms with Gasteiger partial charge in [-0.1, -0.05) is 13.0 Å². The number of anilines is 1. The Morgan fingerprint density at radius 3 is 2.71 bits per heavy atom. The topological polar surface area (TPSA) is 61.4 Å². The van der Waals surface area contributed by atoms with Crippen LogP contribution in [-0.2, 0) is 4.79 Å². The van der Waals surface area contributed by atoms with Crippen LogP contribution >= 0.6 is 0 Å². The molecule has 4 nitrogen and oxygen atoms in total. The number of aromatic hydroxyl groups is 1. The summed E-state index contributed by atoms with van der Waals surface area (Å²) in [5.41, 5.74) is 2.28. The highest BCUT2D eigenvalue weighted by Crippen LogP contribution is 2.28. The van der Waals surface area contributed by atoms with Gasteiger partial charge in [0.05, 0.1) is 5.69 Å². The molecule has 0 radical (unpaired) electrons. The Morgan fingerprint density at radius 1 is 1.35 bits per heavy atom. The highest BCUT2D eigenvalue weighted by atomic mass is 16.3. The van der Waals surface area contributed by atoms with Gasteiger partial charge >= 0.3 is 0 Å². The second kappa shape index (κ2) is 6.25. The molecule has 0 fully saturated rings. The maximum atomic E-state index is 11.6. The van der Waals surface area contributed by atoms with Gasteiger partial charge in [0, 0.05) is 13.0 Å². The number of hydrogen-bond acceptors (Lipinski definition) is 3. The molecule has 4 heteroatoms. The molecule has 0 saturated carbocycles. The van der Waals surface area contributed by atoms with Crippen molar-refractivity contribution in [1.82, 2.24) is 5.32 Å². The predicted octanol–water partition coefficient (Wildman–Crippen LogP) is 1.95. The number of aryl methyl sites for hydroxylation is 2. The quantitative estimate of drug-likeness (QED) is 0.541. The Hall–Kier alpha value is -1.55. The third-order valence-electron chi connectivity index (χ3n) is 2.50. The minimum Gasteiger partial charge on any atom is -0.505 e. The standard InChI is InChI=1S/C13H20N2O2/c1-4-14-6-5-12(16)15-11-8-9(2)7-10(3)13(11)17/h7-8,14,17H,4-6H2,1-3H3,(H,15,16). The lowest BCUT2D eigenvalue weighted by Gasteiger charge is -2.10. The van der Waals surface area contributed by atoms with Crippen molar-refractivity contribution in [2.45, 2.75) is 27.2 Å². The summed E-state index contributed by atoms with van der Waals surface area (Å²) in [4.78, 5) is 11.6. The normalized spacial score (nSPS) is 10.3. The van der Waals surface area contributed by atoms with Gasteiger partial charge in [0.2, 0.25) is 5.91 Å². The van der Waals surface area contributed by atoms with E-state index in [0.717, 1.165) is 17.7 Å². The van der Waals surface area contributed by atoms with Gasteiger partial charge in [-0.2, -0.15) is 0 Å². The first-order chi connectivity index (χ1) is 8.04. The molecule has 0 aliphatic heterocycles. The number of carbonyl (C=O) groups is 1. The highest BCUT2D eigenvalue weighted by Gasteiger charge is 2.08. The van der Waals surface area contributed by atoms with E-state index in [1.165, 1.54) is 0 Å². The van der Waals surface area contributed by atoms with E-state index in [0.29, 0.717) is 18.7 Å². The van der Waals surface area contributed by atoms with Crippen molar-refractivity contribution in [3.63, 3.8) is 0 Å². The van der Waals surface area contributed by atoms with E-state index in [1.54, 1.807) is 6.07 Å². The molecule has 0 aliphatic carbocycles. The van der Waals surface area contributed by atoms with Crippen LogP contribution < -0.4 is 10.6 Å². The van der Waals surface area contributed by atoms with Crippen molar-refractivity contribution in [3.8, 4) is 5.75 Å². The van der Waals surface area contributed by atoms with E-state index >= 15 is 0 Å². The average molecular weight is 236 g/mol. The Labute approximate surface area is 102 Å². The van der Waals surface area contributed by atoms with Crippen LogP contribution in [0.2, 0.25) is 0 Å². The smallest absolute Gasteiger partial charge is 0.225 e. The molecular weight excluding hydrogens is 216 g/mol. The number of phenols is 1. The lowest BCUT2D eigenvalue weighted by Crippen LogP contribution is -2.21. The first-order valence-electron chi connectivity index (χ1n) is 5.85. The van der Waals surface area contributed by atoms with Gasteiger partial charge in [0.15, 0.2) is 0 Å². The molecule has 0 heterocycles. The van der Waals surface area contributed by atoms with Crippen LogP contribution in [0.5, 0.6) is 5.75 Å². The Balaban J connectivity index is 2.65. The number of rotatable bonds is 5. The monoisotopic (exact) mass is 236 g/mol. The predicted molar refractivity (Wildman–Crippen MR) is 69.4 cm³/mol. The molecule has 0 saturated heterocycles. The van der Waals surface area contributed by atoms with E-state index in [9.17, 15) is 9.90 Å². The molecule has 0 bridgehead atoms. The first-order valence-corrected chi connectivity index (χ1v) is 5.85. The van der Waals surface area contributed by atoms with Crippen LogP contribution in [0.4, 0.5) is 5.69 Å². The van der Waals surface area contributed by atoms with E-state index in [4.69, 9.17) is 0 Å². The largest absolute Gasteiger partial charge is 0.505 e. The molecule has 0 spiro atoms. The van der Waals surface area contributed by atoms with Crippen molar-refractivity contribution in [2.75, 3.05) is 18.4 Å². The van der Waals surface area contributed by atoms with E-state index < -0.39 is 0 Å². The second-order valence-electron chi connectivity index (χ2n) is 4.13. The van der Waals surface area contributed by atoms with Crippen molar-refractivity contribution >= 4 is 11.6 Å². The van der Waals surface area contributed by atoms with Crippen molar-refractivity contribution in [3.05, 3.63) is 23.3 Å².